The van der Waals surface area contributed by atoms with Gasteiger partial charge in [-0.1, -0.05) is 23.7 Å². The summed E-state index contributed by atoms with van der Waals surface area (Å²) in [6.07, 6.45) is 0.625. The summed E-state index contributed by atoms with van der Waals surface area (Å²) < 4.78 is 6.38. The van der Waals surface area contributed by atoms with Crippen LogP contribution in [-0.4, -0.2) is 22.6 Å². The number of H-pyrrole nitrogens is 1. The van der Waals surface area contributed by atoms with Gasteiger partial charge >= 0.3 is 11.7 Å². The molecule has 5 nitrogen and oxygen atoms in total. The number of esters is 1. The lowest BCUT2D eigenvalue weighted by molar-refractivity contribution is 0.0600. The lowest BCUT2D eigenvalue weighted by Gasteiger charge is -2.06. The van der Waals surface area contributed by atoms with Crippen LogP contribution < -0.4 is 5.69 Å². The quantitative estimate of drug-likeness (QED) is 0.748. The molecule has 1 N–H and O–H groups in total. The zero-order valence-electron chi connectivity index (χ0n) is 12.5. The van der Waals surface area contributed by atoms with E-state index in [1.54, 1.807) is 34.9 Å². The maximum absolute atomic E-state index is 12.1. The number of fused-ring (bicyclic) bond motifs is 1. The molecule has 0 aliphatic rings. The number of aromatic amines is 1. The number of imidazole rings is 1. The fourth-order valence-corrected chi connectivity index (χ4v) is 2.74. The van der Waals surface area contributed by atoms with E-state index in [9.17, 15) is 9.59 Å². The van der Waals surface area contributed by atoms with Crippen LogP contribution in [0.5, 0.6) is 0 Å². The van der Waals surface area contributed by atoms with E-state index in [-0.39, 0.29) is 11.7 Å². The summed E-state index contributed by atoms with van der Waals surface area (Å²) in [5, 5.41) is 0.580. The first-order valence-corrected chi connectivity index (χ1v) is 7.51. The van der Waals surface area contributed by atoms with Crippen LogP contribution in [0.3, 0.4) is 0 Å². The van der Waals surface area contributed by atoms with E-state index in [0.29, 0.717) is 29.1 Å². The van der Waals surface area contributed by atoms with Crippen molar-refractivity contribution < 1.29 is 9.53 Å². The molecule has 0 saturated carbocycles. The second-order valence-corrected chi connectivity index (χ2v) is 5.62. The van der Waals surface area contributed by atoms with E-state index in [4.69, 9.17) is 16.3 Å². The Bertz CT molecular complexity index is 927. The van der Waals surface area contributed by atoms with Crippen LogP contribution in [0.15, 0.2) is 47.3 Å². The second-order valence-electron chi connectivity index (χ2n) is 5.19. The maximum Gasteiger partial charge on any atom is 0.337 e. The Balaban J connectivity index is 1.85. The van der Waals surface area contributed by atoms with Crippen molar-refractivity contribution in [3.8, 4) is 0 Å². The summed E-state index contributed by atoms with van der Waals surface area (Å²) in [5.74, 6) is -0.370. The number of nitrogens with zero attached hydrogens (tertiary/aromatic N) is 1. The number of benzene rings is 2. The summed E-state index contributed by atoms with van der Waals surface area (Å²) in [7, 11) is 1.35. The van der Waals surface area contributed by atoms with Gasteiger partial charge in [-0.25, -0.2) is 9.59 Å². The summed E-state index contributed by atoms with van der Waals surface area (Å²) in [6, 6.07) is 12.5. The largest absolute Gasteiger partial charge is 0.465 e. The first-order valence-electron chi connectivity index (χ1n) is 7.14. The summed E-state index contributed by atoms with van der Waals surface area (Å²) in [5.41, 5.74) is 2.81. The standard InChI is InChI=1S/C17H15ClN2O3/c1-23-16(21)12-4-2-3-11(9-12)7-8-20-15-6-5-13(18)10-14(15)19-17(20)22/h2-6,9-10H,7-8H2,1H3,(H,19,22). The molecule has 0 saturated heterocycles. The molecule has 0 fully saturated rings. The summed E-state index contributed by atoms with van der Waals surface area (Å²) >= 11 is 5.94. The van der Waals surface area contributed by atoms with E-state index in [0.717, 1.165) is 11.1 Å². The third kappa shape index (κ3) is 3.14. The predicted octanol–water partition coefficient (Wildman–Crippen LogP) is 3.01. The minimum absolute atomic E-state index is 0.175. The van der Waals surface area contributed by atoms with Crippen molar-refractivity contribution in [2.24, 2.45) is 0 Å². The van der Waals surface area contributed by atoms with Gasteiger partial charge in [0.1, 0.15) is 0 Å². The molecule has 118 valence electrons. The number of carbonyl (C=O) groups is 1. The van der Waals surface area contributed by atoms with Gasteiger partial charge in [-0.05, 0) is 42.3 Å². The SMILES string of the molecule is COC(=O)c1cccc(CCn2c(=O)[nH]c3cc(Cl)ccc32)c1. The molecule has 3 aromatic rings. The van der Waals surface area contributed by atoms with E-state index in [1.165, 1.54) is 7.11 Å². The molecule has 0 amide bonds. The zero-order chi connectivity index (χ0) is 16.4. The van der Waals surface area contributed by atoms with Crippen LogP contribution in [0.4, 0.5) is 0 Å². The van der Waals surface area contributed by atoms with Gasteiger partial charge in [-0.3, -0.25) is 4.57 Å². The van der Waals surface area contributed by atoms with Gasteiger partial charge in [0.15, 0.2) is 0 Å². The van der Waals surface area contributed by atoms with Crippen LogP contribution in [0.2, 0.25) is 5.02 Å². The van der Waals surface area contributed by atoms with Gasteiger partial charge < -0.3 is 9.72 Å². The number of rotatable bonds is 4. The average Bonchev–Trinajstić information content (AvgIpc) is 2.86. The highest BCUT2D eigenvalue weighted by Crippen LogP contribution is 2.17. The van der Waals surface area contributed by atoms with Crippen molar-refractivity contribution in [1.29, 1.82) is 0 Å². The molecule has 3 rings (SSSR count). The van der Waals surface area contributed by atoms with Gasteiger partial charge in [0.25, 0.3) is 0 Å². The number of carbonyl (C=O) groups excluding carboxylic acids is 1. The van der Waals surface area contributed by atoms with E-state index in [2.05, 4.69) is 4.98 Å². The molecular formula is C17H15ClN2O3. The monoisotopic (exact) mass is 330 g/mol. The molecule has 2 aromatic carbocycles. The van der Waals surface area contributed by atoms with Crippen LogP contribution >= 0.6 is 11.6 Å². The van der Waals surface area contributed by atoms with Gasteiger partial charge in [-0.2, -0.15) is 0 Å². The smallest absolute Gasteiger partial charge is 0.337 e. The first kappa shape index (κ1) is 15.4. The Morgan fingerprint density at radius 1 is 1.26 bits per heavy atom. The van der Waals surface area contributed by atoms with E-state index >= 15 is 0 Å². The molecule has 0 radical (unpaired) electrons. The predicted molar refractivity (Wildman–Crippen MR) is 89.1 cm³/mol. The van der Waals surface area contributed by atoms with Crippen molar-refractivity contribution in [1.82, 2.24) is 9.55 Å². The van der Waals surface area contributed by atoms with Crippen LogP contribution in [0.25, 0.3) is 11.0 Å². The highest BCUT2D eigenvalue weighted by Gasteiger charge is 2.09. The number of hydrogen-bond donors (Lipinski definition) is 1. The van der Waals surface area contributed by atoms with Crippen molar-refractivity contribution >= 4 is 28.6 Å². The normalized spacial score (nSPS) is 10.9. The fourth-order valence-electron chi connectivity index (χ4n) is 2.57. The van der Waals surface area contributed by atoms with E-state index in [1.807, 2.05) is 12.1 Å². The van der Waals surface area contributed by atoms with Crippen molar-refractivity contribution in [2.45, 2.75) is 13.0 Å². The molecule has 1 heterocycles. The van der Waals surface area contributed by atoms with E-state index < -0.39 is 0 Å². The number of hydrogen-bond acceptors (Lipinski definition) is 3. The minimum Gasteiger partial charge on any atom is -0.465 e. The van der Waals surface area contributed by atoms with Crippen LogP contribution in [0, 0.1) is 0 Å². The van der Waals surface area contributed by atoms with Crippen molar-refractivity contribution in [3.05, 3.63) is 69.1 Å². The Morgan fingerprint density at radius 2 is 2.09 bits per heavy atom. The molecule has 6 heteroatoms. The third-order valence-electron chi connectivity index (χ3n) is 3.71. The molecular weight excluding hydrogens is 316 g/mol. The van der Waals surface area contributed by atoms with Gasteiger partial charge in [-0.15, -0.1) is 0 Å². The van der Waals surface area contributed by atoms with Crippen LogP contribution in [0.1, 0.15) is 15.9 Å². The number of methoxy groups -OCH3 is 1. The molecule has 0 spiro atoms. The fraction of sp³-hybridized carbons (Fsp3) is 0.176. The summed E-state index contributed by atoms with van der Waals surface area (Å²) in [6.45, 7) is 0.505. The molecule has 0 atom stereocenters. The minimum atomic E-state index is -0.370. The zero-order valence-corrected chi connectivity index (χ0v) is 13.3. The average molecular weight is 331 g/mol. The third-order valence-corrected chi connectivity index (χ3v) is 3.94. The number of aromatic nitrogens is 2. The molecule has 23 heavy (non-hydrogen) atoms. The number of aryl methyl sites for hydroxylation is 2. The first-order chi connectivity index (χ1) is 11.1. The Morgan fingerprint density at radius 3 is 2.87 bits per heavy atom. The van der Waals surface area contributed by atoms with Gasteiger partial charge in [0.2, 0.25) is 0 Å². The maximum atomic E-state index is 12.1. The lowest BCUT2D eigenvalue weighted by atomic mass is 10.1. The van der Waals surface area contributed by atoms with Gasteiger partial charge in [0.05, 0.1) is 23.7 Å². The molecule has 1 aromatic heterocycles. The Kier molecular flexibility index (Phi) is 4.21. The van der Waals surface area contributed by atoms with Crippen molar-refractivity contribution in [3.63, 3.8) is 0 Å². The number of halogens is 1. The van der Waals surface area contributed by atoms with Crippen LogP contribution in [-0.2, 0) is 17.7 Å². The molecule has 0 bridgehead atoms. The molecule has 0 aliphatic heterocycles. The Labute approximate surface area is 137 Å². The highest BCUT2D eigenvalue weighted by molar-refractivity contribution is 6.31. The number of nitrogens with one attached hydrogen (secondary N) is 1. The molecule has 0 aliphatic carbocycles. The molecule has 0 unspecified atom stereocenters. The lowest BCUT2D eigenvalue weighted by Crippen LogP contribution is -2.18. The summed E-state index contributed by atoms with van der Waals surface area (Å²) in [4.78, 5) is 26.4. The highest BCUT2D eigenvalue weighted by atomic mass is 35.5. The van der Waals surface area contributed by atoms with Gasteiger partial charge in [0, 0.05) is 11.6 Å². The Hall–Kier alpha value is -2.53. The second kappa shape index (κ2) is 6.30. The van der Waals surface area contributed by atoms with Crippen molar-refractivity contribution in [2.75, 3.05) is 7.11 Å². The topological polar surface area (TPSA) is 64.1 Å². The number of ether oxygens (including phenoxy) is 1.